The van der Waals surface area contributed by atoms with E-state index in [4.69, 9.17) is 9.47 Å². The topological polar surface area (TPSA) is 47.5 Å². The number of hydrogen-bond acceptors (Lipinski definition) is 6. The highest BCUT2D eigenvalue weighted by Gasteiger charge is 2.25. The molecule has 7 heteroatoms. The predicted octanol–water partition coefficient (Wildman–Crippen LogP) is 5.50. The Morgan fingerprint density at radius 1 is 1.03 bits per heavy atom. The first-order valence-electron chi connectivity index (χ1n) is 9.65. The highest BCUT2D eigenvalue weighted by Crippen LogP contribution is 2.44. The number of anilines is 2. The quantitative estimate of drug-likeness (QED) is 0.567. The second-order valence-electron chi connectivity index (χ2n) is 7.02. The third-order valence-corrected chi connectivity index (χ3v) is 6.27. The Balaban J connectivity index is 1.40. The van der Waals surface area contributed by atoms with Crippen LogP contribution < -0.4 is 9.64 Å². The van der Waals surface area contributed by atoms with Crippen molar-refractivity contribution in [3.05, 3.63) is 66.4 Å². The molecule has 0 saturated carbocycles. The fraction of sp³-hybridized carbons (Fsp3) is 0.273. The van der Waals surface area contributed by atoms with Gasteiger partial charge in [0, 0.05) is 42.5 Å². The number of hydrogen-bond donors (Lipinski definition) is 0. The minimum atomic E-state index is -0.323. The number of para-hydroxylation sites is 1. The fourth-order valence-corrected chi connectivity index (χ4v) is 4.80. The van der Waals surface area contributed by atoms with Gasteiger partial charge in [0.25, 0.3) is 0 Å². The van der Waals surface area contributed by atoms with E-state index >= 15 is 0 Å². The first-order valence-corrected chi connectivity index (χ1v) is 10.6. The number of rotatable bonds is 4. The van der Waals surface area contributed by atoms with E-state index in [0.29, 0.717) is 36.4 Å². The third-order valence-electron chi connectivity index (χ3n) is 5.23. The van der Waals surface area contributed by atoms with Crippen LogP contribution in [0.1, 0.15) is 24.5 Å². The van der Waals surface area contributed by atoms with Crippen molar-refractivity contribution in [3.8, 4) is 11.6 Å². The van der Waals surface area contributed by atoms with Gasteiger partial charge in [-0.3, -0.25) is 4.98 Å². The average Bonchev–Trinajstić information content (AvgIpc) is 3.19. The standard InChI is InChI=1S/C22H20FN3O2S/c23-17-13-16(5-6-18(17)26-14-29-20-4-2-1-3-19(20)26)28-22-21(24-9-10-25-22)15-7-11-27-12-8-15/h1-6,9-10,13,15H,7-8,11-12,14H2. The van der Waals surface area contributed by atoms with Crippen LogP contribution in [0.4, 0.5) is 15.8 Å². The zero-order valence-electron chi connectivity index (χ0n) is 15.8. The molecule has 2 aliphatic rings. The number of nitrogens with zero attached hydrogens (tertiary/aromatic N) is 3. The molecule has 1 aromatic heterocycles. The normalized spacial score (nSPS) is 16.7. The summed E-state index contributed by atoms with van der Waals surface area (Å²) in [6.45, 7) is 1.42. The highest BCUT2D eigenvalue weighted by atomic mass is 32.2. The first-order chi connectivity index (χ1) is 14.3. The van der Waals surface area contributed by atoms with Crippen molar-refractivity contribution < 1.29 is 13.9 Å². The van der Waals surface area contributed by atoms with Gasteiger partial charge in [-0.15, -0.1) is 11.8 Å². The molecule has 0 spiro atoms. The van der Waals surface area contributed by atoms with Gasteiger partial charge in [-0.1, -0.05) is 12.1 Å². The van der Waals surface area contributed by atoms with Crippen LogP contribution in [0.25, 0.3) is 0 Å². The third kappa shape index (κ3) is 3.68. The van der Waals surface area contributed by atoms with Gasteiger partial charge >= 0.3 is 0 Å². The zero-order valence-corrected chi connectivity index (χ0v) is 16.6. The van der Waals surface area contributed by atoms with Crippen LogP contribution in [0.15, 0.2) is 59.8 Å². The molecule has 0 atom stereocenters. The van der Waals surface area contributed by atoms with E-state index < -0.39 is 0 Å². The van der Waals surface area contributed by atoms with Crippen molar-refractivity contribution in [2.45, 2.75) is 23.7 Å². The van der Waals surface area contributed by atoms with Gasteiger partial charge in [0.1, 0.15) is 11.4 Å². The molecular weight excluding hydrogens is 389 g/mol. The van der Waals surface area contributed by atoms with Crippen molar-refractivity contribution >= 4 is 23.1 Å². The molecule has 29 heavy (non-hydrogen) atoms. The predicted molar refractivity (Wildman–Crippen MR) is 111 cm³/mol. The number of benzene rings is 2. The van der Waals surface area contributed by atoms with Crippen molar-refractivity contribution in [2.24, 2.45) is 0 Å². The van der Waals surface area contributed by atoms with E-state index in [2.05, 4.69) is 16.0 Å². The molecule has 148 valence electrons. The van der Waals surface area contributed by atoms with Gasteiger partial charge in [-0.2, -0.15) is 0 Å². The Labute approximate surface area is 172 Å². The van der Waals surface area contributed by atoms with E-state index in [1.807, 2.05) is 23.1 Å². The van der Waals surface area contributed by atoms with Crippen molar-refractivity contribution in [1.82, 2.24) is 9.97 Å². The Kier molecular flexibility index (Phi) is 5.08. The summed E-state index contributed by atoms with van der Waals surface area (Å²) >= 11 is 1.70. The van der Waals surface area contributed by atoms with Crippen molar-refractivity contribution in [2.75, 3.05) is 24.0 Å². The molecule has 0 amide bonds. The summed E-state index contributed by atoms with van der Waals surface area (Å²) in [7, 11) is 0. The fourth-order valence-electron chi connectivity index (χ4n) is 3.75. The number of fused-ring (bicyclic) bond motifs is 1. The highest BCUT2D eigenvalue weighted by molar-refractivity contribution is 7.99. The molecule has 0 unspecified atom stereocenters. The van der Waals surface area contributed by atoms with E-state index in [1.165, 1.54) is 6.07 Å². The maximum absolute atomic E-state index is 15.0. The lowest BCUT2D eigenvalue weighted by atomic mass is 9.96. The van der Waals surface area contributed by atoms with Gasteiger partial charge in [-0.25, -0.2) is 9.37 Å². The van der Waals surface area contributed by atoms with Crippen LogP contribution in [0.5, 0.6) is 11.6 Å². The average molecular weight is 409 g/mol. The molecule has 1 saturated heterocycles. The Morgan fingerprint density at radius 2 is 1.86 bits per heavy atom. The SMILES string of the molecule is Fc1cc(Oc2nccnc2C2CCOCC2)ccc1N1CSc2ccccc21. The van der Waals surface area contributed by atoms with E-state index in [1.54, 1.807) is 36.3 Å². The second-order valence-corrected chi connectivity index (χ2v) is 8.00. The van der Waals surface area contributed by atoms with Crippen LogP contribution in [-0.4, -0.2) is 29.1 Å². The molecule has 3 heterocycles. The summed E-state index contributed by atoms with van der Waals surface area (Å²) < 4.78 is 26.4. The van der Waals surface area contributed by atoms with E-state index in [-0.39, 0.29) is 11.7 Å². The van der Waals surface area contributed by atoms with Gasteiger partial charge in [0.2, 0.25) is 5.88 Å². The molecule has 0 radical (unpaired) electrons. The lowest BCUT2D eigenvalue weighted by Gasteiger charge is -2.23. The summed E-state index contributed by atoms with van der Waals surface area (Å²) in [6, 6.07) is 13.0. The summed E-state index contributed by atoms with van der Waals surface area (Å²) in [4.78, 5) is 12.0. The molecule has 0 bridgehead atoms. The summed E-state index contributed by atoms with van der Waals surface area (Å²) in [5.74, 6) is 1.47. The van der Waals surface area contributed by atoms with Crippen molar-refractivity contribution in [1.29, 1.82) is 0 Å². The monoisotopic (exact) mass is 409 g/mol. The minimum absolute atomic E-state index is 0.245. The molecule has 0 N–H and O–H groups in total. The van der Waals surface area contributed by atoms with Gasteiger partial charge in [0.15, 0.2) is 5.82 Å². The van der Waals surface area contributed by atoms with Crippen LogP contribution >= 0.6 is 11.8 Å². The number of ether oxygens (including phenoxy) is 2. The van der Waals surface area contributed by atoms with E-state index in [9.17, 15) is 4.39 Å². The van der Waals surface area contributed by atoms with Crippen LogP contribution in [0.2, 0.25) is 0 Å². The van der Waals surface area contributed by atoms with Crippen LogP contribution in [0, 0.1) is 5.82 Å². The van der Waals surface area contributed by atoms with E-state index in [0.717, 1.165) is 29.1 Å². The molecule has 5 rings (SSSR count). The molecule has 3 aromatic rings. The lowest BCUT2D eigenvalue weighted by molar-refractivity contribution is 0.0839. The summed E-state index contributed by atoms with van der Waals surface area (Å²) in [5, 5.41) is 0. The maximum atomic E-state index is 15.0. The molecular formula is C22H20FN3O2S. The molecule has 0 aliphatic carbocycles. The summed E-state index contributed by atoms with van der Waals surface area (Å²) in [6.07, 6.45) is 5.04. The minimum Gasteiger partial charge on any atom is -0.437 e. The second kappa shape index (κ2) is 8.00. The Hall–Kier alpha value is -2.64. The molecule has 2 aliphatic heterocycles. The van der Waals surface area contributed by atoms with Gasteiger partial charge in [0.05, 0.1) is 17.3 Å². The van der Waals surface area contributed by atoms with Gasteiger partial charge in [-0.05, 0) is 37.1 Å². The zero-order chi connectivity index (χ0) is 19.6. The smallest absolute Gasteiger partial charge is 0.241 e. The molecule has 2 aromatic carbocycles. The van der Waals surface area contributed by atoms with Crippen LogP contribution in [0.3, 0.4) is 0 Å². The van der Waals surface area contributed by atoms with Gasteiger partial charge < -0.3 is 14.4 Å². The molecule has 1 fully saturated rings. The largest absolute Gasteiger partial charge is 0.437 e. The summed E-state index contributed by atoms with van der Waals surface area (Å²) in [5.41, 5.74) is 2.38. The lowest BCUT2D eigenvalue weighted by Crippen LogP contribution is -2.16. The van der Waals surface area contributed by atoms with Crippen LogP contribution in [-0.2, 0) is 4.74 Å². The number of aromatic nitrogens is 2. The Bertz CT molecular complexity index is 1030. The Morgan fingerprint density at radius 3 is 2.72 bits per heavy atom. The number of halogens is 1. The first kappa shape index (κ1) is 18.4. The van der Waals surface area contributed by atoms with Crippen molar-refractivity contribution in [3.63, 3.8) is 0 Å². The maximum Gasteiger partial charge on any atom is 0.241 e. The molecule has 5 nitrogen and oxygen atoms in total. The number of thioether (sulfide) groups is 1.